The maximum absolute atomic E-state index is 12.3. The minimum atomic E-state index is -4.35. The second-order valence-corrected chi connectivity index (χ2v) is 7.23. The van der Waals surface area contributed by atoms with E-state index < -0.39 is 12.8 Å². The van der Waals surface area contributed by atoms with Gasteiger partial charge in [0.15, 0.2) is 0 Å². The molecule has 6 nitrogen and oxygen atoms in total. The molecule has 29 heavy (non-hydrogen) atoms. The molecule has 1 amide bonds. The molecule has 3 rings (SSSR count). The molecule has 0 fully saturated rings. The van der Waals surface area contributed by atoms with Crippen LogP contribution in [0.1, 0.15) is 17.5 Å². The number of rotatable bonds is 8. The summed E-state index contributed by atoms with van der Waals surface area (Å²) in [4.78, 5) is 29.2. The number of nitrogens with one attached hydrogen (secondary N) is 1. The smallest absolute Gasteiger partial charge is 0.367 e. The largest absolute Gasteiger partial charge is 0.411 e. The average Bonchev–Trinajstić information content (AvgIpc) is 3.15. The molecule has 0 radical (unpaired) electrons. The van der Waals surface area contributed by atoms with Gasteiger partial charge >= 0.3 is 6.18 Å². The third-order valence-electron chi connectivity index (χ3n) is 4.08. The number of amides is 1. The van der Waals surface area contributed by atoms with Crippen LogP contribution in [0.25, 0.3) is 10.2 Å². The molecule has 1 aromatic carbocycles. The SMILES string of the molecule is O=C(CCn1cnc2sccc2c1=O)NCc1ccc(COCC(F)(F)F)cc1. The van der Waals surface area contributed by atoms with Gasteiger partial charge in [-0.3, -0.25) is 14.2 Å². The van der Waals surface area contributed by atoms with Crippen molar-refractivity contribution in [3.05, 3.63) is 63.5 Å². The summed E-state index contributed by atoms with van der Waals surface area (Å²) in [5, 5.41) is 5.09. The Morgan fingerprint density at radius 1 is 1.17 bits per heavy atom. The first-order valence-corrected chi connectivity index (χ1v) is 9.61. The van der Waals surface area contributed by atoms with Gasteiger partial charge in [-0.25, -0.2) is 4.98 Å². The first-order chi connectivity index (χ1) is 13.8. The van der Waals surface area contributed by atoms with Crippen molar-refractivity contribution in [3.63, 3.8) is 0 Å². The van der Waals surface area contributed by atoms with Crippen molar-refractivity contribution in [2.45, 2.75) is 32.3 Å². The van der Waals surface area contributed by atoms with Gasteiger partial charge in [-0.15, -0.1) is 11.3 Å². The Hall–Kier alpha value is -2.72. The lowest BCUT2D eigenvalue weighted by Gasteiger charge is -2.09. The van der Waals surface area contributed by atoms with E-state index in [9.17, 15) is 22.8 Å². The zero-order valence-electron chi connectivity index (χ0n) is 15.2. The number of carbonyl (C=O) groups excluding carboxylic acids is 1. The monoisotopic (exact) mass is 425 g/mol. The Morgan fingerprint density at radius 3 is 2.62 bits per heavy atom. The molecule has 0 aliphatic carbocycles. The Labute approximate surface area is 167 Å². The normalized spacial score (nSPS) is 11.7. The van der Waals surface area contributed by atoms with Crippen LogP contribution in [-0.2, 0) is 29.2 Å². The highest BCUT2D eigenvalue weighted by atomic mass is 32.1. The molecule has 0 spiro atoms. The summed E-state index contributed by atoms with van der Waals surface area (Å²) < 4.78 is 42.2. The van der Waals surface area contributed by atoms with E-state index in [1.807, 2.05) is 0 Å². The maximum atomic E-state index is 12.3. The Kier molecular flexibility index (Phi) is 6.65. The maximum Gasteiger partial charge on any atom is 0.411 e. The Bertz CT molecular complexity index is 1030. The van der Waals surface area contributed by atoms with Gasteiger partial charge in [0.1, 0.15) is 11.4 Å². The molecule has 0 atom stereocenters. The molecule has 2 aromatic heterocycles. The van der Waals surface area contributed by atoms with E-state index in [0.29, 0.717) is 15.8 Å². The lowest BCUT2D eigenvalue weighted by molar-refractivity contribution is -0.176. The van der Waals surface area contributed by atoms with Crippen LogP contribution in [-0.4, -0.2) is 28.2 Å². The molecule has 0 aliphatic rings. The average molecular weight is 425 g/mol. The number of hydrogen-bond acceptors (Lipinski definition) is 5. The highest BCUT2D eigenvalue weighted by molar-refractivity contribution is 7.16. The molecule has 0 unspecified atom stereocenters. The van der Waals surface area contributed by atoms with E-state index in [0.717, 1.165) is 5.56 Å². The molecule has 3 aromatic rings. The van der Waals surface area contributed by atoms with E-state index in [4.69, 9.17) is 0 Å². The summed E-state index contributed by atoms with van der Waals surface area (Å²) in [6.07, 6.45) is -2.78. The van der Waals surface area contributed by atoms with E-state index in [-0.39, 0.29) is 37.6 Å². The highest BCUT2D eigenvalue weighted by Gasteiger charge is 2.27. The van der Waals surface area contributed by atoms with Crippen molar-refractivity contribution < 1.29 is 22.7 Å². The molecule has 10 heteroatoms. The molecule has 154 valence electrons. The second-order valence-electron chi connectivity index (χ2n) is 6.33. The fourth-order valence-corrected chi connectivity index (χ4v) is 3.32. The number of benzene rings is 1. The van der Waals surface area contributed by atoms with E-state index in [1.165, 1.54) is 22.2 Å². The van der Waals surface area contributed by atoms with Crippen LogP contribution >= 0.6 is 11.3 Å². The lowest BCUT2D eigenvalue weighted by Crippen LogP contribution is -2.27. The topological polar surface area (TPSA) is 73.2 Å². The zero-order valence-corrected chi connectivity index (χ0v) is 16.1. The van der Waals surface area contributed by atoms with Crippen LogP contribution < -0.4 is 10.9 Å². The van der Waals surface area contributed by atoms with E-state index in [2.05, 4.69) is 15.0 Å². The molecule has 2 heterocycles. The van der Waals surface area contributed by atoms with Gasteiger partial charge in [0, 0.05) is 19.5 Å². The van der Waals surface area contributed by atoms with Gasteiger partial charge in [0.2, 0.25) is 5.91 Å². The van der Waals surface area contributed by atoms with Gasteiger partial charge in [0.05, 0.1) is 18.3 Å². The van der Waals surface area contributed by atoms with Crippen LogP contribution in [0.4, 0.5) is 13.2 Å². The number of hydrogen-bond donors (Lipinski definition) is 1. The van der Waals surface area contributed by atoms with Crippen molar-refractivity contribution >= 4 is 27.5 Å². The number of alkyl halides is 3. The molecular weight excluding hydrogens is 407 g/mol. The van der Waals surface area contributed by atoms with Crippen molar-refractivity contribution in [3.8, 4) is 0 Å². The molecule has 0 bridgehead atoms. The van der Waals surface area contributed by atoms with Crippen LogP contribution in [0.2, 0.25) is 0 Å². The summed E-state index contributed by atoms with van der Waals surface area (Å²) in [5.74, 6) is -0.222. The minimum Gasteiger partial charge on any atom is -0.367 e. The number of aromatic nitrogens is 2. The number of ether oxygens (including phenoxy) is 1. The van der Waals surface area contributed by atoms with Gasteiger partial charge in [0.25, 0.3) is 5.56 Å². The quantitative estimate of drug-likeness (QED) is 0.601. The molecule has 0 saturated carbocycles. The Balaban J connectivity index is 1.44. The fraction of sp³-hybridized carbons (Fsp3) is 0.316. The third-order valence-corrected chi connectivity index (χ3v) is 4.90. The first-order valence-electron chi connectivity index (χ1n) is 8.73. The van der Waals surface area contributed by atoms with Crippen molar-refractivity contribution in [2.75, 3.05) is 6.61 Å². The summed E-state index contributed by atoms with van der Waals surface area (Å²) in [7, 11) is 0. The van der Waals surface area contributed by atoms with Gasteiger partial charge < -0.3 is 10.1 Å². The van der Waals surface area contributed by atoms with Crippen LogP contribution in [0.3, 0.4) is 0 Å². The standard InChI is InChI=1S/C19H18F3N3O3S/c20-19(21,22)11-28-10-14-3-1-13(2-4-14)9-23-16(26)5-7-25-12-24-17-15(18(25)27)6-8-29-17/h1-4,6,8,12H,5,7,9-11H2,(H,23,26). The molecule has 0 saturated heterocycles. The van der Waals surface area contributed by atoms with Crippen LogP contribution in [0.15, 0.2) is 46.8 Å². The Morgan fingerprint density at radius 2 is 1.90 bits per heavy atom. The van der Waals surface area contributed by atoms with E-state index >= 15 is 0 Å². The predicted octanol–water partition coefficient (Wildman–Crippen LogP) is 3.24. The number of thiophene rings is 1. The minimum absolute atomic E-state index is 0.126. The number of halogens is 3. The molecular formula is C19H18F3N3O3S. The van der Waals surface area contributed by atoms with Gasteiger partial charge in [-0.2, -0.15) is 13.2 Å². The van der Waals surface area contributed by atoms with Crippen molar-refractivity contribution in [1.82, 2.24) is 14.9 Å². The van der Waals surface area contributed by atoms with E-state index in [1.54, 1.807) is 35.7 Å². The third kappa shape index (κ3) is 6.13. The second kappa shape index (κ2) is 9.19. The number of aryl methyl sites for hydroxylation is 1. The lowest BCUT2D eigenvalue weighted by atomic mass is 10.1. The summed E-state index contributed by atoms with van der Waals surface area (Å²) in [6, 6.07) is 8.44. The van der Waals surface area contributed by atoms with Crippen LogP contribution in [0.5, 0.6) is 0 Å². The predicted molar refractivity (Wildman–Crippen MR) is 102 cm³/mol. The number of fused-ring (bicyclic) bond motifs is 1. The van der Waals surface area contributed by atoms with Crippen molar-refractivity contribution in [2.24, 2.45) is 0 Å². The first kappa shape index (κ1) is 21.0. The molecule has 0 aliphatic heterocycles. The van der Waals surface area contributed by atoms with Crippen LogP contribution in [0, 0.1) is 0 Å². The highest BCUT2D eigenvalue weighted by Crippen LogP contribution is 2.16. The molecule has 1 N–H and O–H groups in total. The van der Waals surface area contributed by atoms with Crippen molar-refractivity contribution in [1.29, 1.82) is 0 Å². The number of nitrogens with zero attached hydrogens (tertiary/aromatic N) is 2. The summed E-state index contributed by atoms with van der Waals surface area (Å²) in [6.45, 7) is -0.926. The fourth-order valence-electron chi connectivity index (χ4n) is 2.60. The van der Waals surface area contributed by atoms with Gasteiger partial charge in [-0.05, 0) is 22.6 Å². The summed E-state index contributed by atoms with van der Waals surface area (Å²) >= 11 is 1.38. The zero-order chi connectivity index (χ0) is 20.9. The van der Waals surface area contributed by atoms with Gasteiger partial charge in [-0.1, -0.05) is 24.3 Å². The number of carbonyl (C=O) groups is 1. The summed E-state index contributed by atoms with van der Waals surface area (Å²) in [5.41, 5.74) is 1.24.